The molecule has 9 heteroatoms. The number of Topliss-reactive ketones (excluding diaryl/α,β-unsaturated/α-hetero) is 1. The Morgan fingerprint density at radius 1 is 1.21 bits per heavy atom. The summed E-state index contributed by atoms with van der Waals surface area (Å²) in [6.45, 7) is 0.310. The van der Waals surface area contributed by atoms with Crippen LogP contribution in [0.5, 0.6) is 0 Å². The van der Waals surface area contributed by atoms with E-state index in [2.05, 4.69) is 10.3 Å². The fraction of sp³-hybridized carbons (Fsp3) is 0.208. The van der Waals surface area contributed by atoms with Gasteiger partial charge in [-0.2, -0.15) is 0 Å². The standard InChI is InChI=1S/C24H19FN4O4/c1-28-13-17(14-5-8-16(9-6-14)29(32)33)21(22(30)20-4-2-3-11-26-20)24(28)18-12-15(25)7-10-19(18)27-23(24)31/h2-12,17,21H,13H2,1H3,(H,27,31)/t17-,21+,24+/m1/s1. The normalized spacial score (nSPS) is 24.0. The number of benzene rings is 2. The number of likely N-dealkylation sites (tertiary alicyclic amines) is 1. The van der Waals surface area contributed by atoms with Crippen LogP contribution in [-0.4, -0.2) is 40.1 Å². The van der Waals surface area contributed by atoms with Crippen LogP contribution >= 0.6 is 0 Å². The number of nitrogens with one attached hydrogen (secondary N) is 1. The maximum absolute atomic E-state index is 14.3. The van der Waals surface area contributed by atoms with Crippen LogP contribution in [0.15, 0.2) is 66.9 Å². The molecule has 0 radical (unpaired) electrons. The van der Waals surface area contributed by atoms with Crippen molar-refractivity contribution in [3.63, 3.8) is 0 Å². The van der Waals surface area contributed by atoms with Gasteiger partial charge in [-0.15, -0.1) is 0 Å². The fourth-order valence-electron chi connectivity index (χ4n) is 5.22. The van der Waals surface area contributed by atoms with Crippen LogP contribution in [0, 0.1) is 21.8 Å². The van der Waals surface area contributed by atoms with Gasteiger partial charge in [0.15, 0.2) is 5.78 Å². The van der Waals surface area contributed by atoms with Crippen LogP contribution in [0.2, 0.25) is 0 Å². The molecule has 3 heterocycles. The zero-order chi connectivity index (χ0) is 23.3. The van der Waals surface area contributed by atoms with Gasteiger partial charge in [0.2, 0.25) is 5.91 Å². The van der Waals surface area contributed by atoms with Gasteiger partial charge in [0.1, 0.15) is 17.1 Å². The number of hydrogen-bond donors (Lipinski definition) is 1. The number of non-ortho nitro benzene ring substituents is 1. The summed E-state index contributed by atoms with van der Waals surface area (Å²) in [6.07, 6.45) is 1.50. The quantitative estimate of drug-likeness (QED) is 0.374. The lowest BCUT2D eigenvalue weighted by molar-refractivity contribution is -0.384. The van der Waals surface area contributed by atoms with Crippen LogP contribution in [0.4, 0.5) is 15.8 Å². The number of nitro benzene ring substituents is 1. The van der Waals surface area contributed by atoms with E-state index < -0.39 is 34.0 Å². The Labute approximate surface area is 188 Å². The molecule has 0 aliphatic carbocycles. The van der Waals surface area contributed by atoms with Gasteiger partial charge in [-0.25, -0.2) is 4.39 Å². The number of likely N-dealkylation sites (N-methyl/N-ethyl adjacent to an activating group) is 1. The molecule has 1 amide bonds. The van der Waals surface area contributed by atoms with Crippen molar-refractivity contribution in [1.29, 1.82) is 0 Å². The second kappa shape index (κ2) is 7.56. The Kier molecular flexibility index (Phi) is 4.79. The monoisotopic (exact) mass is 446 g/mol. The maximum atomic E-state index is 14.3. The predicted octanol–water partition coefficient (Wildman–Crippen LogP) is 3.50. The predicted molar refractivity (Wildman–Crippen MR) is 117 cm³/mol. The molecule has 0 bridgehead atoms. The second-order valence-electron chi connectivity index (χ2n) is 8.30. The summed E-state index contributed by atoms with van der Waals surface area (Å²) in [4.78, 5) is 44.0. The highest BCUT2D eigenvalue weighted by Crippen LogP contribution is 2.55. The number of aromatic nitrogens is 1. The highest BCUT2D eigenvalue weighted by atomic mass is 19.1. The molecule has 0 saturated carbocycles. The largest absolute Gasteiger partial charge is 0.324 e. The van der Waals surface area contributed by atoms with Crippen molar-refractivity contribution in [1.82, 2.24) is 9.88 Å². The first-order chi connectivity index (χ1) is 15.8. The van der Waals surface area contributed by atoms with E-state index in [0.717, 1.165) is 0 Å². The minimum absolute atomic E-state index is 0.0709. The Morgan fingerprint density at radius 3 is 2.64 bits per heavy atom. The smallest absolute Gasteiger partial charge is 0.269 e. The topological polar surface area (TPSA) is 105 Å². The van der Waals surface area contributed by atoms with Crippen molar-refractivity contribution >= 4 is 23.1 Å². The molecular formula is C24H19FN4O4. The van der Waals surface area contributed by atoms with E-state index in [1.165, 1.54) is 36.5 Å². The van der Waals surface area contributed by atoms with Gasteiger partial charge < -0.3 is 5.32 Å². The number of fused-ring (bicyclic) bond motifs is 2. The molecule has 1 fully saturated rings. The lowest BCUT2D eigenvalue weighted by atomic mass is 9.71. The summed E-state index contributed by atoms with van der Waals surface area (Å²) >= 11 is 0. The third-order valence-electron chi connectivity index (χ3n) is 6.64. The molecule has 2 aliphatic rings. The third-order valence-corrected chi connectivity index (χ3v) is 6.64. The van der Waals surface area contributed by atoms with Gasteiger partial charge in [-0.1, -0.05) is 18.2 Å². The summed E-state index contributed by atoms with van der Waals surface area (Å²) in [6, 6.07) is 15.0. The maximum Gasteiger partial charge on any atom is 0.269 e. The number of anilines is 1. The van der Waals surface area contributed by atoms with Gasteiger partial charge in [0, 0.05) is 42.0 Å². The number of hydrogen-bond acceptors (Lipinski definition) is 6. The number of nitrogens with zero attached hydrogens (tertiary/aromatic N) is 3. The molecule has 2 aromatic carbocycles. The molecule has 1 N–H and O–H groups in total. The molecule has 1 saturated heterocycles. The summed E-state index contributed by atoms with van der Waals surface area (Å²) < 4.78 is 14.3. The van der Waals surface area contributed by atoms with Crippen LogP contribution < -0.4 is 5.32 Å². The van der Waals surface area contributed by atoms with E-state index in [0.29, 0.717) is 23.4 Å². The fourth-order valence-corrected chi connectivity index (χ4v) is 5.22. The SMILES string of the molecule is CN1C[C@H](c2ccc([N+](=O)[O-])cc2)[C@@H](C(=O)c2ccccn2)[C@@]12C(=O)Nc1ccc(F)cc12. The lowest BCUT2D eigenvalue weighted by Gasteiger charge is -2.35. The first-order valence-electron chi connectivity index (χ1n) is 10.4. The molecule has 33 heavy (non-hydrogen) atoms. The summed E-state index contributed by atoms with van der Waals surface area (Å²) in [5, 5.41) is 13.9. The average Bonchev–Trinajstić information content (AvgIpc) is 3.29. The number of pyridine rings is 1. The third kappa shape index (κ3) is 3.04. The minimum atomic E-state index is -1.45. The van der Waals surface area contributed by atoms with Crippen LogP contribution in [0.3, 0.4) is 0 Å². The summed E-state index contributed by atoms with van der Waals surface area (Å²) in [5.41, 5.74) is 0.208. The molecule has 3 aromatic rings. The molecule has 166 valence electrons. The van der Waals surface area contributed by atoms with E-state index in [-0.39, 0.29) is 17.2 Å². The first-order valence-corrected chi connectivity index (χ1v) is 10.4. The van der Waals surface area contributed by atoms with Gasteiger partial charge in [0.25, 0.3) is 5.69 Å². The number of rotatable bonds is 4. The van der Waals surface area contributed by atoms with Crippen LogP contribution in [-0.2, 0) is 10.3 Å². The van der Waals surface area contributed by atoms with Gasteiger partial charge in [-0.05, 0) is 42.9 Å². The number of nitro groups is 1. The highest BCUT2D eigenvalue weighted by Gasteiger charge is 2.64. The molecule has 1 spiro atoms. The van der Waals surface area contributed by atoms with Crippen molar-refractivity contribution in [3.8, 4) is 0 Å². The number of carbonyl (C=O) groups is 2. The van der Waals surface area contributed by atoms with E-state index in [4.69, 9.17) is 0 Å². The minimum Gasteiger partial charge on any atom is -0.324 e. The Balaban J connectivity index is 1.71. The van der Waals surface area contributed by atoms with E-state index in [1.807, 2.05) is 0 Å². The van der Waals surface area contributed by atoms with Crippen molar-refractivity contribution in [2.75, 3.05) is 18.9 Å². The summed E-state index contributed by atoms with van der Waals surface area (Å²) in [7, 11) is 1.73. The Bertz CT molecular complexity index is 1280. The van der Waals surface area contributed by atoms with Gasteiger partial charge in [-0.3, -0.25) is 29.6 Å². The Morgan fingerprint density at radius 2 is 1.97 bits per heavy atom. The number of halogens is 1. The average molecular weight is 446 g/mol. The Hall–Kier alpha value is -3.98. The van der Waals surface area contributed by atoms with Crippen molar-refractivity contribution in [2.45, 2.75) is 11.5 Å². The molecule has 3 atom stereocenters. The van der Waals surface area contributed by atoms with Gasteiger partial charge in [0.05, 0.1) is 10.8 Å². The zero-order valence-electron chi connectivity index (χ0n) is 17.6. The van der Waals surface area contributed by atoms with Crippen LogP contribution in [0.1, 0.15) is 27.5 Å². The number of ketones is 1. The molecular weight excluding hydrogens is 427 g/mol. The number of amides is 1. The first kappa shape index (κ1) is 20.9. The molecule has 2 aliphatic heterocycles. The van der Waals surface area contributed by atoms with Crippen molar-refractivity contribution < 1.29 is 18.9 Å². The second-order valence-corrected chi connectivity index (χ2v) is 8.30. The van der Waals surface area contributed by atoms with E-state index in [1.54, 1.807) is 42.3 Å². The molecule has 5 rings (SSSR count). The van der Waals surface area contributed by atoms with E-state index >= 15 is 0 Å². The van der Waals surface area contributed by atoms with Crippen LogP contribution in [0.25, 0.3) is 0 Å². The highest BCUT2D eigenvalue weighted by molar-refractivity contribution is 6.11. The lowest BCUT2D eigenvalue weighted by Crippen LogP contribution is -2.51. The number of carbonyl (C=O) groups excluding carboxylic acids is 2. The summed E-state index contributed by atoms with van der Waals surface area (Å²) in [5.74, 6) is -2.69. The molecule has 1 aromatic heterocycles. The van der Waals surface area contributed by atoms with Gasteiger partial charge >= 0.3 is 0 Å². The van der Waals surface area contributed by atoms with Crippen molar-refractivity contribution in [3.05, 3.63) is 99.6 Å². The van der Waals surface area contributed by atoms with E-state index in [9.17, 15) is 24.1 Å². The molecule has 8 nitrogen and oxygen atoms in total. The zero-order valence-corrected chi connectivity index (χ0v) is 17.6. The molecule has 0 unspecified atom stereocenters. The van der Waals surface area contributed by atoms with Crippen molar-refractivity contribution in [2.24, 2.45) is 5.92 Å².